The van der Waals surface area contributed by atoms with Crippen LogP contribution < -0.4 is 10.6 Å². The van der Waals surface area contributed by atoms with Gasteiger partial charge in [-0.25, -0.2) is 4.98 Å². The van der Waals surface area contributed by atoms with Crippen LogP contribution in [0.15, 0.2) is 24.5 Å². The Morgan fingerprint density at radius 3 is 3.08 bits per heavy atom. The van der Waals surface area contributed by atoms with Gasteiger partial charge in [-0.05, 0) is 37.3 Å². The van der Waals surface area contributed by atoms with E-state index < -0.39 is 0 Å². The highest BCUT2D eigenvalue weighted by atomic mass is 35.5. The second-order valence-corrected chi connectivity index (χ2v) is 6.92. The molecule has 2 aliphatic rings. The predicted octanol–water partition coefficient (Wildman–Crippen LogP) is 2.31. The summed E-state index contributed by atoms with van der Waals surface area (Å²) in [5.74, 6) is 0.676. The Morgan fingerprint density at radius 2 is 2.25 bits per heavy atom. The first-order valence-electron chi connectivity index (χ1n) is 8.78. The van der Waals surface area contributed by atoms with E-state index in [4.69, 9.17) is 9.72 Å². The van der Waals surface area contributed by atoms with Crippen LogP contribution in [0.4, 0.5) is 0 Å². The molecule has 2 aromatic heterocycles. The zero-order valence-corrected chi connectivity index (χ0v) is 15.0. The molecule has 3 heterocycles. The van der Waals surface area contributed by atoms with Crippen molar-refractivity contribution in [2.45, 2.75) is 44.8 Å². The lowest BCUT2D eigenvalue weighted by molar-refractivity contribution is 0.0524. The Morgan fingerprint density at radius 1 is 1.33 bits per heavy atom. The Hall–Kier alpha value is -1.14. The molecule has 2 aromatic rings. The molecule has 3 unspecified atom stereocenters. The highest BCUT2D eigenvalue weighted by molar-refractivity contribution is 5.85. The second kappa shape index (κ2) is 7.83. The van der Waals surface area contributed by atoms with Crippen molar-refractivity contribution in [3.63, 3.8) is 0 Å². The molecule has 2 fully saturated rings. The maximum absolute atomic E-state index is 5.65. The van der Waals surface area contributed by atoms with E-state index in [9.17, 15) is 0 Å². The fraction of sp³-hybridized carbons (Fsp3) is 0.611. The third-order valence-electron chi connectivity index (χ3n) is 5.23. The summed E-state index contributed by atoms with van der Waals surface area (Å²) in [7, 11) is 0. The van der Waals surface area contributed by atoms with Crippen LogP contribution in [0.2, 0.25) is 0 Å². The van der Waals surface area contributed by atoms with Crippen molar-refractivity contribution in [3.8, 4) is 0 Å². The summed E-state index contributed by atoms with van der Waals surface area (Å²) in [5, 5.41) is 7.38. The van der Waals surface area contributed by atoms with Crippen LogP contribution in [0.5, 0.6) is 0 Å². The monoisotopic (exact) mass is 350 g/mol. The third-order valence-corrected chi connectivity index (χ3v) is 5.23. The van der Waals surface area contributed by atoms with Gasteiger partial charge in [0, 0.05) is 37.6 Å². The summed E-state index contributed by atoms with van der Waals surface area (Å²) < 4.78 is 7.77. The number of pyridine rings is 1. The molecule has 4 rings (SSSR count). The first kappa shape index (κ1) is 17.7. The van der Waals surface area contributed by atoms with Gasteiger partial charge in [-0.1, -0.05) is 12.5 Å². The largest absolute Gasteiger partial charge is 0.379 e. The Bertz CT molecular complexity index is 668. The van der Waals surface area contributed by atoms with E-state index in [0.29, 0.717) is 18.0 Å². The fourth-order valence-corrected chi connectivity index (χ4v) is 4.06. The van der Waals surface area contributed by atoms with Gasteiger partial charge in [-0.15, -0.1) is 12.4 Å². The number of imidazole rings is 1. The Balaban J connectivity index is 0.00000169. The number of fused-ring (bicyclic) bond motifs is 1. The SMILES string of the molecule is Cc1ccc2nc(CNC3CCCC3C3COCCN3)cn2c1.Cl. The minimum Gasteiger partial charge on any atom is -0.379 e. The number of morpholine rings is 1. The predicted molar refractivity (Wildman–Crippen MR) is 97.8 cm³/mol. The van der Waals surface area contributed by atoms with Gasteiger partial charge >= 0.3 is 0 Å². The van der Waals surface area contributed by atoms with Gasteiger partial charge in [-0.3, -0.25) is 0 Å². The van der Waals surface area contributed by atoms with E-state index in [-0.39, 0.29) is 12.4 Å². The van der Waals surface area contributed by atoms with Gasteiger partial charge in [0.15, 0.2) is 0 Å². The van der Waals surface area contributed by atoms with Crippen molar-refractivity contribution in [1.82, 2.24) is 20.0 Å². The maximum atomic E-state index is 5.65. The molecule has 0 spiro atoms. The van der Waals surface area contributed by atoms with Gasteiger partial charge in [0.1, 0.15) is 5.65 Å². The summed E-state index contributed by atoms with van der Waals surface area (Å²) >= 11 is 0. The van der Waals surface area contributed by atoms with Crippen LogP contribution in [0, 0.1) is 12.8 Å². The minimum atomic E-state index is 0. The Labute approximate surface area is 149 Å². The van der Waals surface area contributed by atoms with Gasteiger partial charge in [0.2, 0.25) is 0 Å². The van der Waals surface area contributed by atoms with Crippen LogP contribution >= 0.6 is 12.4 Å². The number of halogens is 1. The molecule has 2 N–H and O–H groups in total. The smallest absolute Gasteiger partial charge is 0.137 e. The van der Waals surface area contributed by atoms with Gasteiger partial charge in [0.05, 0.1) is 18.9 Å². The van der Waals surface area contributed by atoms with Crippen LogP contribution in [-0.4, -0.2) is 41.2 Å². The van der Waals surface area contributed by atoms with E-state index in [1.807, 2.05) is 0 Å². The molecule has 5 nitrogen and oxygen atoms in total. The summed E-state index contributed by atoms with van der Waals surface area (Å²) in [6.07, 6.45) is 8.14. The normalized spacial score (nSPS) is 27.3. The van der Waals surface area contributed by atoms with Gasteiger partial charge in [0.25, 0.3) is 0 Å². The molecule has 1 saturated heterocycles. The number of nitrogens with one attached hydrogen (secondary N) is 2. The fourth-order valence-electron chi connectivity index (χ4n) is 4.06. The molecule has 0 aromatic carbocycles. The van der Waals surface area contributed by atoms with E-state index in [1.54, 1.807) is 0 Å². The molecular weight excluding hydrogens is 324 g/mol. The van der Waals surface area contributed by atoms with Gasteiger partial charge in [-0.2, -0.15) is 0 Å². The lowest BCUT2D eigenvalue weighted by Gasteiger charge is -2.32. The Kier molecular flexibility index (Phi) is 5.76. The highest BCUT2D eigenvalue weighted by Crippen LogP contribution is 2.29. The summed E-state index contributed by atoms with van der Waals surface area (Å²) in [6, 6.07) is 5.27. The minimum absolute atomic E-state index is 0. The number of ether oxygens (including phenoxy) is 1. The standard InChI is InChI=1S/C18H26N4O.ClH/c1-13-5-6-18-21-14(11-22(18)10-13)9-20-16-4-2-3-15(16)17-12-23-8-7-19-17;/h5-6,10-11,15-17,19-20H,2-4,7-9,12H2,1H3;1H. The summed E-state index contributed by atoms with van der Waals surface area (Å²) in [5.41, 5.74) is 3.40. The molecule has 24 heavy (non-hydrogen) atoms. The average Bonchev–Trinajstić information content (AvgIpc) is 3.19. The molecule has 6 heteroatoms. The summed E-state index contributed by atoms with van der Waals surface area (Å²) in [6.45, 7) is 5.65. The quantitative estimate of drug-likeness (QED) is 0.888. The van der Waals surface area contributed by atoms with Crippen molar-refractivity contribution in [3.05, 3.63) is 35.8 Å². The van der Waals surface area contributed by atoms with E-state index >= 15 is 0 Å². The van der Waals surface area contributed by atoms with Crippen LogP contribution in [-0.2, 0) is 11.3 Å². The molecule has 0 radical (unpaired) electrons. The molecular formula is C18H27ClN4O. The molecule has 1 aliphatic carbocycles. The molecule has 1 saturated carbocycles. The first-order valence-corrected chi connectivity index (χ1v) is 8.78. The molecule has 0 amide bonds. The number of aromatic nitrogens is 2. The lowest BCUT2D eigenvalue weighted by Crippen LogP contribution is -2.50. The van der Waals surface area contributed by atoms with Crippen molar-refractivity contribution >= 4 is 18.1 Å². The molecule has 1 aliphatic heterocycles. The third kappa shape index (κ3) is 3.75. The lowest BCUT2D eigenvalue weighted by atomic mass is 9.94. The van der Waals surface area contributed by atoms with Crippen LogP contribution in [0.25, 0.3) is 5.65 Å². The van der Waals surface area contributed by atoms with Crippen molar-refractivity contribution in [2.75, 3.05) is 19.8 Å². The second-order valence-electron chi connectivity index (χ2n) is 6.92. The van der Waals surface area contributed by atoms with Crippen LogP contribution in [0.1, 0.15) is 30.5 Å². The van der Waals surface area contributed by atoms with E-state index in [2.05, 4.69) is 46.5 Å². The van der Waals surface area contributed by atoms with Crippen molar-refractivity contribution in [1.29, 1.82) is 0 Å². The maximum Gasteiger partial charge on any atom is 0.137 e. The zero-order chi connectivity index (χ0) is 15.6. The van der Waals surface area contributed by atoms with Crippen LogP contribution in [0.3, 0.4) is 0 Å². The first-order chi connectivity index (χ1) is 11.3. The number of nitrogens with zero attached hydrogens (tertiary/aromatic N) is 2. The van der Waals surface area contributed by atoms with Crippen molar-refractivity contribution in [2.24, 2.45) is 5.92 Å². The highest BCUT2D eigenvalue weighted by Gasteiger charge is 2.34. The van der Waals surface area contributed by atoms with E-state index in [1.165, 1.54) is 24.8 Å². The molecule has 132 valence electrons. The molecule has 0 bridgehead atoms. The number of hydrogen-bond donors (Lipinski definition) is 2. The van der Waals surface area contributed by atoms with Crippen molar-refractivity contribution < 1.29 is 4.74 Å². The van der Waals surface area contributed by atoms with E-state index in [0.717, 1.165) is 37.6 Å². The zero-order valence-electron chi connectivity index (χ0n) is 14.2. The van der Waals surface area contributed by atoms with Gasteiger partial charge < -0.3 is 19.8 Å². The topological polar surface area (TPSA) is 50.6 Å². The number of aryl methyl sites for hydroxylation is 1. The summed E-state index contributed by atoms with van der Waals surface area (Å²) in [4.78, 5) is 4.71. The molecule has 3 atom stereocenters. The average molecular weight is 351 g/mol. The number of rotatable bonds is 4. The number of hydrogen-bond acceptors (Lipinski definition) is 4.